The Kier molecular flexibility index (Phi) is 9.48. The van der Waals surface area contributed by atoms with E-state index in [0.717, 1.165) is 15.4 Å². The number of hydrogen-bond donors (Lipinski definition) is 1. The first-order chi connectivity index (χ1) is 17.8. The van der Waals surface area contributed by atoms with Gasteiger partial charge in [0.25, 0.3) is 0 Å². The minimum absolute atomic E-state index is 0.135. The molecule has 0 aromatic heterocycles. The maximum atomic E-state index is 13.8. The maximum absolute atomic E-state index is 13.8. The Morgan fingerprint density at radius 1 is 0.789 bits per heavy atom. The number of carbonyl (C=O) groups is 1. The smallest absolute Gasteiger partial charge is 0.244 e. The molecule has 0 unspecified atom stereocenters. The van der Waals surface area contributed by atoms with Crippen molar-refractivity contribution in [3.63, 3.8) is 0 Å². The van der Waals surface area contributed by atoms with E-state index in [4.69, 9.17) is 0 Å². The molecule has 3 aromatic carbocycles. The molecule has 0 radical (unpaired) electrons. The van der Waals surface area contributed by atoms with Crippen LogP contribution in [-0.4, -0.2) is 58.5 Å². The lowest BCUT2D eigenvalue weighted by Gasteiger charge is -2.24. The number of hydrogen-bond acceptors (Lipinski definition) is 5. The first-order valence-electron chi connectivity index (χ1n) is 12.2. The Labute approximate surface area is 226 Å². The van der Waals surface area contributed by atoms with Gasteiger partial charge in [0.15, 0.2) is 0 Å². The maximum Gasteiger partial charge on any atom is 0.244 e. The van der Waals surface area contributed by atoms with Crippen molar-refractivity contribution in [1.29, 1.82) is 0 Å². The average molecular weight is 558 g/mol. The van der Waals surface area contributed by atoms with E-state index in [0.29, 0.717) is 23.1 Å². The second-order valence-electron chi connectivity index (χ2n) is 9.51. The lowest BCUT2D eigenvalue weighted by atomic mass is 10.1. The Hall–Kier alpha value is -3.05. The van der Waals surface area contributed by atoms with Gasteiger partial charge in [-0.3, -0.25) is 4.79 Å². The average Bonchev–Trinajstić information content (AvgIpc) is 2.85. The van der Waals surface area contributed by atoms with Crippen LogP contribution in [0.25, 0.3) is 0 Å². The van der Waals surface area contributed by atoms with Gasteiger partial charge < -0.3 is 5.32 Å². The Bertz CT molecular complexity index is 1460. The molecule has 0 fully saturated rings. The highest BCUT2D eigenvalue weighted by Crippen LogP contribution is 2.25. The summed E-state index contributed by atoms with van der Waals surface area (Å²) in [6.45, 7) is 5.39. The number of carbonyl (C=O) groups excluding carboxylic acids is 1. The largest absolute Gasteiger partial charge is 0.351 e. The summed E-state index contributed by atoms with van der Waals surface area (Å²) in [4.78, 5) is 13.3. The van der Waals surface area contributed by atoms with E-state index in [1.54, 1.807) is 26.0 Å². The van der Waals surface area contributed by atoms with Crippen LogP contribution in [0, 0.1) is 20.8 Å². The lowest BCUT2D eigenvalue weighted by Crippen LogP contribution is -2.42. The van der Waals surface area contributed by atoms with E-state index >= 15 is 0 Å². The molecule has 0 atom stereocenters. The van der Waals surface area contributed by atoms with Crippen molar-refractivity contribution in [2.24, 2.45) is 0 Å². The van der Waals surface area contributed by atoms with E-state index in [1.807, 2.05) is 49.4 Å². The van der Waals surface area contributed by atoms with Crippen LogP contribution in [0.5, 0.6) is 0 Å². The number of nitrogens with one attached hydrogen (secondary N) is 1. The van der Waals surface area contributed by atoms with Gasteiger partial charge >= 0.3 is 0 Å². The van der Waals surface area contributed by atoms with Gasteiger partial charge in [0, 0.05) is 27.2 Å². The predicted octanol–water partition coefficient (Wildman–Crippen LogP) is 3.41. The number of aryl methyl sites for hydroxylation is 3. The predicted molar refractivity (Wildman–Crippen MR) is 149 cm³/mol. The first-order valence-corrected chi connectivity index (χ1v) is 15.1. The number of rotatable bonds is 11. The van der Waals surface area contributed by atoms with Crippen molar-refractivity contribution >= 4 is 26.0 Å². The fourth-order valence-electron chi connectivity index (χ4n) is 4.29. The molecule has 1 amide bonds. The lowest BCUT2D eigenvalue weighted by molar-refractivity contribution is -0.121. The fraction of sp³-hybridized carbons (Fsp3) is 0.321. The van der Waals surface area contributed by atoms with Gasteiger partial charge in [-0.15, -0.1) is 0 Å². The summed E-state index contributed by atoms with van der Waals surface area (Å²) in [5.41, 5.74) is 3.91. The zero-order valence-electron chi connectivity index (χ0n) is 22.4. The molecule has 0 heterocycles. The molecule has 0 saturated carbocycles. The van der Waals surface area contributed by atoms with Gasteiger partial charge in [-0.05, 0) is 61.6 Å². The SMILES string of the molecule is Cc1cc(C)c(S(=O)(=O)N(CCc2ccccc2)CC(=O)NCc2ccc(S(=O)(=O)N(C)C)cc2)c(C)c1. The number of benzene rings is 3. The zero-order valence-corrected chi connectivity index (χ0v) is 24.1. The van der Waals surface area contributed by atoms with Gasteiger partial charge in [0.2, 0.25) is 26.0 Å². The summed E-state index contributed by atoms with van der Waals surface area (Å²) in [5, 5.41) is 2.77. The molecular formula is C28H35N3O5S2. The van der Waals surface area contributed by atoms with E-state index in [1.165, 1.54) is 30.5 Å². The van der Waals surface area contributed by atoms with Crippen LogP contribution in [0.3, 0.4) is 0 Å². The minimum Gasteiger partial charge on any atom is -0.351 e. The van der Waals surface area contributed by atoms with Crippen molar-refractivity contribution in [3.8, 4) is 0 Å². The summed E-state index contributed by atoms with van der Waals surface area (Å²) in [6.07, 6.45) is 0.457. The van der Waals surface area contributed by atoms with Crippen molar-refractivity contribution in [2.75, 3.05) is 27.2 Å². The van der Waals surface area contributed by atoms with Crippen LogP contribution in [0.2, 0.25) is 0 Å². The standard InChI is InChI=1S/C28H35N3O5S2/c1-21-17-22(2)28(23(3)18-21)38(35,36)31(16-15-24-9-7-6-8-10-24)20-27(32)29-19-25-11-13-26(14-12-25)37(33,34)30(4)5/h6-14,17-18H,15-16,19-20H2,1-5H3,(H,29,32). The van der Waals surface area contributed by atoms with Gasteiger partial charge in [-0.2, -0.15) is 4.31 Å². The Balaban J connectivity index is 1.78. The van der Waals surface area contributed by atoms with Crippen molar-refractivity contribution < 1.29 is 21.6 Å². The van der Waals surface area contributed by atoms with Gasteiger partial charge in [-0.25, -0.2) is 21.1 Å². The second kappa shape index (κ2) is 12.2. The Morgan fingerprint density at radius 2 is 1.37 bits per heavy atom. The van der Waals surface area contributed by atoms with Crippen LogP contribution in [0.1, 0.15) is 27.8 Å². The quantitative estimate of drug-likeness (QED) is 0.389. The summed E-state index contributed by atoms with van der Waals surface area (Å²) in [6, 6.07) is 19.4. The zero-order chi connectivity index (χ0) is 28.1. The summed E-state index contributed by atoms with van der Waals surface area (Å²) in [5.74, 6) is -0.450. The number of sulfonamides is 2. The van der Waals surface area contributed by atoms with Crippen LogP contribution < -0.4 is 5.32 Å². The summed E-state index contributed by atoms with van der Waals surface area (Å²) in [7, 11) is -4.59. The molecule has 0 spiro atoms. The molecule has 3 rings (SSSR count). The van der Waals surface area contributed by atoms with E-state index in [-0.39, 0.29) is 29.4 Å². The van der Waals surface area contributed by atoms with Crippen LogP contribution in [0.4, 0.5) is 0 Å². The summed E-state index contributed by atoms with van der Waals surface area (Å²) >= 11 is 0. The van der Waals surface area contributed by atoms with Crippen LogP contribution in [-0.2, 0) is 37.8 Å². The molecule has 10 heteroatoms. The number of nitrogens with zero attached hydrogens (tertiary/aromatic N) is 2. The molecular weight excluding hydrogens is 522 g/mol. The minimum atomic E-state index is -3.96. The van der Waals surface area contributed by atoms with Crippen LogP contribution in [0.15, 0.2) is 76.5 Å². The highest BCUT2D eigenvalue weighted by atomic mass is 32.2. The van der Waals surface area contributed by atoms with Crippen molar-refractivity contribution in [3.05, 3.63) is 94.5 Å². The topological polar surface area (TPSA) is 104 Å². The molecule has 38 heavy (non-hydrogen) atoms. The molecule has 0 aliphatic carbocycles. The van der Waals surface area contributed by atoms with Crippen molar-refractivity contribution in [2.45, 2.75) is 43.5 Å². The molecule has 0 saturated heterocycles. The normalized spacial score (nSPS) is 12.2. The van der Waals surface area contributed by atoms with Crippen LogP contribution >= 0.6 is 0 Å². The third kappa shape index (κ3) is 7.08. The van der Waals surface area contributed by atoms with Gasteiger partial charge in [-0.1, -0.05) is 60.2 Å². The van der Waals surface area contributed by atoms with E-state index in [9.17, 15) is 21.6 Å². The molecule has 0 aliphatic rings. The first kappa shape index (κ1) is 29.5. The molecule has 0 bridgehead atoms. The third-order valence-corrected chi connectivity index (χ3v) is 10.2. The van der Waals surface area contributed by atoms with Gasteiger partial charge in [0.05, 0.1) is 16.3 Å². The second-order valence-corrected chi connectivity index (χ2v) is 13.5. The molecule has 3 aromatic rings. The number of amides is 1. The molecule has 0 aliphatic heterocycles. The summed E-state index contributed by atoms with van der Waals surface area (Å²) < 4.78 is 54.5. The highest BCUT2D eigenvalue weighted by molar-refractivity contribution is 7.89. The van der Waals surface area contributed by atoms with E-state index < -0.39 is 26.0 Å². The van der Waals surface area contributed by atoms with Gasteiger partial charge in [0.1, 0.15) is 0 Å². The molecule has 204 valence electrons. The fourth-order valence-corrected chi connectivity index (χ4v) is 7.00. The molecule has 8 nitrogen and oxygen atoms in total. The monoisotopic (exact) mass is 557 g/mol. The third-order valence-electron chi connectivity index (χ3n) is 6.21. The molecule has 1 N–H and O–H groups in total. The van der Waals surface area contributed by atoms with E-state index in [2.05, 4.69) is 5.32 Å². The Morgan fingerprint density at radius 3 is 1.92 bits per heavy atom. The highest BCUT2D eigenvalue weighted by Gasteiger charge is 2.29. The van der Waals surface area contributed by atoms with Crippen molar-refractivity contribution in [1.82, 2.24) is 13.9 Å².